The highest BCUT2D eigenvalue weighted by molar-refractivity contribution is 6.57. The Morgan fingerprint density at radius 1 is 0.510 bits per heavy atom. The van der Waals surface area contributed by atoms with Gasteiger partial charge in [-0.3, -0.25) is 44.3 Å². The van der Waals surface area contributed by atoms with Gasteiger partial charge in [-0.2, -0.15) is 46.7 Å². The number of aryl methyl sites for hydroxylation is 4. The zero-order valence-corrected chi connectivity index (χ0v) is 63.3. The molecule has 0 bridgehead atoms. The summed E-state index contributed by atoms with van der Waals surface area (Å²) in [7, 11) is 0. The molecule has 8 aromatic rings. The Bertz CT molecular complexity index is 3440. The topological polar surface area (TPSA) is 200 Å². The zero-order chi connectivity index (χ0) is 74.3. The molecule has 1 fully saturated rings. The molecule has 0 saturated heterocycles. The molecule has 8 heterocycles. The van der Waals surface area contributed by atoms with E-state index in [1.165, 1.54) is 49.0 Å². The summed E-state index contributed by atoms with van der Waals surface area (Å²) in [4.78, 5) is 33.0. The number of nitrogens with two attached hydrogens (primary N) is 1. The van der Waals surface area contributed by atoms with Gasteiger partial charge < -0.3 is 5.73 Å². The summed E-state index contributed by atoms with van der Waals surface area (Å²) in [5.41, 5.74) is 19.1. The summed E-state index contributed by atoms with van der Waals surface area (Å²) in [6.07, 6.45) is 21.6. The molecule has 9 rings (SSSR count). The van der Waals surface area contributed by atoms with Crippen molar-refractivity contribution in [3.8, 4) is 0 Å². The second-order valence-corrected chi connectivity index (χ2v) is 27.6. The van der Waals surface area contributed by atoms with Crippen LogP contribution in [0.2, 0.25) is 0 Å². The number of alkyl halides is 4. The molecule has 1 saturated carbocycles. The van der Waals surface area contributed by atoms with Crippen LogP contribution in [0.3, 0.4) is 0 Å². The van der Waals surface area contributed by atoms with Gasteiger partial charge >= 0.3 is 13.1 Å². The Kier molecular flexibility index (Phi) is 38.5. The van der Waals surface area contributed by atoms with Crippen LogP contribution in [0.4, 0.5) is 32.2 Å². The molecule has 1 aliphatic rings. The molecule has 540 valence electrons. The van der Waals surface area contributed by atoms with Gasteiger partial charge in [-0.25, -0.2) is 14.3 Å². The van der Waals surface area contributed by atoms with Crippen molar-refractivity contribution in [2.75, 3.05) is 5.73 Å². The molecule has 98 heavy (non-hydrogen) atoms. The van der Waals surface area contributed by atoms with E-state index in [1.54, 1.807) is 43.9 Å². The predicted molar refractivity (Wildman–Crippen MR) is 388 cm³/mol. The molecule has 0 unspecified atom stereocenters. The van der Waals surface area contributed by atoms with Gasteiger partial charge in [-0.15, -0.1) is 0 Å². The van der Waals surface area contributed by atoms with Crippen LogP contribution in [0.5, 0.6) is 0 Å². The van der Waals surface area contributed by atoms with Crippen molar-refractivity contribution in [1.29, 1.82) is 0 Å². The molecule has 0 aromatic carbocycles. The van der Waals surface area contributed by atoms with E-state index in [1.807, 2.05) is 73.7 Å². The zero-order valence-electron chi connectivity index (χ0n) is 61.8. The summed E-state index contributed by atoms with van der Waals surface area (Å²) in [6.45, 7) is 44.2. The fourth-order valence-corrected chi connectivity index (χ4v) is 8.87. The van der Waals surface area contributed by atoms with E-state index in [0.717, 1.165) is 74.8 Å². The minimum absolute atomic E-state index is 0.0835. The Labute approximate surface area is 588 Å². The van der Waals surface area contributed by atoms with Crippen LogP contribution in [0.1, 0.15) is 290 Å². The number of nitrogens with zero attached hydrogens (tertiary/aromatic N) is 16. The second-order valence-electron chi connectivity index (χ2n) is 26.6. The normalized spacial score (nSPS) is 11.8. The van der Waals surface area contributed by atoms with Crippen LogP contribution in [0.25, 0.3) is 18.2 Å². The Hall–Kier alpha value is -7.66. The lowest BCUT2D eigenvalue weighted by molar-refractivity contribution is 0.0523. The van der Waals surface area contributed by atoms with Crippen LogP contribution >= 0.6 is 23.2 Å². The minimum atomic E-state index is -2.53. The van der Waals surface area contributed by atoms with Gasteiger partial charge in [0, 0.05) is 67.2 Å². The summed E-state index contributed by atoms with van der Waals surface area (Å²) < 4.78 is 78.0. The highest BCUT2D eigenvalue weighted by Crippen LogP contribution is 2.32. The molecular weight excluding hydrogens is 1300 g/mol. The maximum Gasteiger partial charge on any atom is 0.333 e. The van der Waals surface area contributed by atoms with Crippen molar-refractivity contribution in [1.82, 2.24) is 79.0 Å². The van der Waals surface area contributed by atoms with E-state index in [9.17, 15) is 26.3 Å². The van der Waals surface area contributed by atoms with Crippen molar-refractivity contribution < 1.29 is 26.3 Å². The van der Waals surface area contributed by atoms with E-state index in [0.29, 0.717) is 69.2 Å². The number of rotatable bonds is 17. The van der Waals surface area contributed by atoms with Crippen LogP contribution in [0, 0.1) is 39.5 Å². The summed E-state index contributed by atoms with van der Waals surface area (Å²) in [5.74, 6) is 5.09. The molecule has 8 aromatic heterocycles. The Balaban J connectivity index is 0.000000381. The standard InChI is InChI=1S/C11H18N2.C11H20N2.C10H14N2.C9H10Cl2N2.C9H10F2N2.C8H12F2N2.C8H13N3.C7H10F2N2/c1-8(2)11-6-9(3)12-13(11)7-10-4-5-10;1-8(2)7-13-11(9(3)4)6-10(5)12-13;1-4-5-9-6-12-10(7-11-9)8(2)3;2*1-6(2)8-5-12-7(4-13-8)3-9(10)11;1-5(2)7-4-6(3)11-12(7)8(9)10;1-5(2)7-8(9)11-6(3)4-10-7;1-5(2)6-3-10-11(4-6)7(8)9/h6,8,10H,4-5,7H2,1-3H3;6,8-9H,7H2,1-5H3;4-8H,1-3H3;2*3-6H,1-2H3;4-5,8H,1-3H3;4-5H,1-3H3,(H2,9,11);3-5,7H,1-2H3/b;;5-4+;;;;;. The van der Waals surface area contributed by atoms with Crippen LogP contribution in [-0.4, -0.2) is 79.0 Å². The SMILES string of the molecule is C/C=C/c1cnc(C(C)C)cn1.CC(C)c1cnc(C=C(Cl)Cl)cn1.CC(C)c1cnc(C=C(F)F)cn1.CC(C)c1cnn(C(F)F)c1.Cc1cc(C(C)C)n(C(F)F)n1.Cc1cc(C(C)C)n(CC(C)C)n1.Cc1cc(C(C)C)n(CC2CC2)n1.Cc1cnc(C(C)C)c(N)n1. The third-order valence-electron chi connectivity index (χ3n) is 14.1. The number of nitrogen functional groups attached to an aromatic ring is 1. The van der Waals surface area contributed by atoms with Gasteiger partial charge in [0.2, 0.25) is 0 Å². The van der Waals surface area contributed by atoms with Crippen LogP contribution < -0.4 is 5.73 Å². The number of hydrogen-bond donors (Lipinski definition) is 1. The molecular formula is C73H107Cl2F6N17. The first-order chi connectivity index (χ1) is 45.8. The molecule has 25 heteroatoms. The lowest BCUT2D eigenvalue weighted by atomic mass is 10.1. The molecule has 1 aliphatic carbocycles. The van der Waals surface area contributed by atoms with Gasteiger partial charge in [0.1, 0.15) is 10.3 Å². The Morgan fingerprint density at radius 3 is 1.30 bits per heavy atom. The fraction of sp³-hybridized carbons (Fsp3) is 0.534. The molecule has 2 N–H and O–H groups in total. The first-order valence-electron chi connectivity index (χ1n) is 33.3. The average molecular weight is 1410 g/mol. The summed E-state index contributed by atoms with van der Waals surface area (Å²) in [5, 5.41) is 16.2. The summed E-state index contributed by atoms with van der Waals surface area (Å²) >= 11 is 10.9. The molecule has 0 amide bonds. The van der Waals surface area contributed by atoms with Crippen molar-refractivity contribution >= 4 is 47.2 Å². The van der Waals surface area contributed by atoms with Crippen LogP contribution in [-0.2, 0) is 13.1 Å². The van der Waals surface area contributed by atoms with E-state index in [-0.39, 0.29) is 27.9 Å². The average Bonchev–Trinajstić information content (AvgIpc) is 1.77. The second kappa shape index (κ2) is 43.7. The van der Waals surface area contributed by atoms with E-state index in [2.05, 4.69) is 179 Å². The summed E-state index contributed by atoms with van der Waals surface area (Å²) in [6, 6.07) is 6.09. The van der Waals surface area contributed by atoms with Crippen molar-refractivity contribution in [2.45, 2.75) is 246 Å². The lowest BCUT2D eigenvalue weighted by Crippen LogP contribution is -2.10. The number of anilines is 1. The maximum absolute atomic E-state index is 12.3. The number of allylic oxidation sites excluding steroid dienone is 1. The third kappa shape index (κ3) is 33.3. The third-order valence-corrected chi connectivity index (χ3v) is 14.3. The number of aromatic nitrogens is 16. The van der Waals surface area contributed by atoms with Crippen LogP contribution in [0.15, 0.2) is 90.6 Å². The van der Waals surface area contributed by atoms with E-state index in [4.69, 9.17) is 28.9 Å². The highest BCUT2D eigenvalue weighted by atomic mass is 35.5. The molecule has 17 nitrogen and oxygen atoms in total. The van der Waals surface area contributed by atoms with Crippen molar-refractivity contribution in [3.63, 3.8) is 0 Å². The van der Waals surface area contributed by atoms with Crippen molar-refractivity contribution in [3.05, 3.63) is 176 Å². The smallest absolute Gasteiger partial charge is 0.333 e. The van der Waals surface area contributed by atoms with Gasteiger partial charge in [0.05, 0.1) is 87.4 Å². The first kappa shape index (κ1) is 86.4. The van der Waals surface area contributed by atoms with Gasteiger partial charge in [0.15, 0.2) is 0 Å². The maximum atomic E-state index is 12.3. The monoisotopic (exact) mass is 1410 g/mol. The van der Waals surface area contributed by atoms with E-state index < -0.39 is 19.2 Å². The van der Waals surface area contributed by atoms with Gasteiger partial charge in [-0.05, 0) is 143 Å². The molecule has 0 atom stereocenters. The highest BCUT2D eigenvalue weighted by Gasteiger charge is 2.24. The molecule has 0 radical (unpaired) electrons. The molecule has 0 aliphatic heterocycles. The largest absolute Gasteiger partial charge is 0.382 e. The molecule has 0 spiro atoms. The fourth-order valence-electron chi connectivity index (χ4n) is 8.64. The quantitative estimate of drug-likeness (QED) is 0.0845. The Morgan fingerprint density at radius 2 is 0.959 bits per heavy atom. The number of halogens is 8. The lowest BCUT2D eigenvalue weighted by Gasteiger charge is -2.11. The van der Waals surface area contributed by atoms with Gasteiger partial charge in [-0.1, -0.05) is 154 Å². The predicted octanol–water partition coefficient (Wildman–Crippen LogP) is 21.1. The first-order valence-corrected chi connectivity index (χ1v) is 34.1. The van der Waals surface area contributed by atoms with Crippen molar-refractivity contribution in [2.24, 2.45) is 11.8 Å². The van der Waals surface area contributed by atoms with Gasteiger partial charge in [0.25, 0.3) is 6.08 Å². The number of hydrogen-bond acceptors (Lipinski definition) is 13. The van der Waals surface area contributed by atoms with E-state index >= 15 is 0 Å². The minimum Gasteiger partial charge on any atom is -0.382 e.